The largest absolute Gasteiger partial charge is 0.478 e. The van der Waals surface area contributed by atoms with Gasteiger partial charge < -0.3 is 10.4 Å². The average molecular weight is 305 g/mol. The molecule has 86 valence electrons. The van der Waals surface area contributed by atoms with Crippen LogP contribution in [-0.4, -0.2) is 17.6 Å². The Labute approximate surface area is 107 Å². The molecular weight excluding hydrogens is 293 g/mol. The minimum atomic E-state index is -0.910. The van der Waals surface area contributed by atoms with Gasteiger partial charge >= 0.3 is 5.97 Å². The molecule has 0 bridgehead atoms. The van der Waals surface area contributed by atoms with E-state index in [1.165, 1.54) is 0 Å². The third-order valence-corrected chi connectivity index (χ3v) is 2.89. The molecule has 3 nitrogen and oxygen atoms in total. The maximum Gasteiger partial charge on any atom is 0.331 e. The van der Waals surface area contributed by atoms with Crippen molar-refractivity contribution in [2.24, 2.45) is 0 Å². The van der Waals surface area contributed by atoms with Crippen LogP contribution in [0.2, 0.25) is 5.02 Å². The van der Waals surface area contributed by atoms with Crippen molar-refractivity contribution in [1.82, 2.24) is 0 Å². The van der Waals surface area contributed by atoms with Gasteiger partial charge in [-0.05, 0) is 41.1 Å². The first-order valence-corrected chi connectivity index (χ1v) is 5.77. The first-order valence-electron chi connectivity index (χ1n) is 4.59. The summed E-state index contributed by atoms with van der Waals surface area (Å²) in [4.78, 5) is 10.5. The van der Waals surface area contributed by atoms with E-state index >= 15 is 0 Å². The van der Waals surface area contributed by atoms with Crippen molar-refractivity contribution in [2.75, 3.05) is 11.9 Å². The fourth-order valence-electron chi connectivity index (χ4n) is 1.03. The van der Waals surface area contributed by atoms with E-state index < -0.39 is 5.97 Å². The fourth-order valence-corrected chi connectivity index (χ4v) is 1.59. The normalized spacial score (nSPS) is 11.3. The number of carboxylic acids is 1. The summed E-state index contributed by atoms with van der Waals surface area (Å²) < 4.78 is 0.887. The lowest BCUT2D eigenvalue weighted by Gasteiger charge is -2.06. The second-order valence-corrected chi connectivity index (χ2v) is 4.49. The molecule has 0 fully saturated rings. The molecule has 0 unspecified atom stereocenters. The number of anilines is 1. The molecule has 0 radical (unpaired) electrons. The maximum absolute atomic E-state index is 10.5. The van der Waals surface area contributed by atoms with Crippen LogP contribution in [0.3, 0.4) is 0 Å². The van der Waals surface area contributed by atoms with Gasteiger partial charge in [-0.2, -0.15) is 0 Å². The summed E-state index contributed by atoms with van der Waals surface area (Å²) in [5, 5.41) is 12.3. The summed E-state index contributed by atoms with van der Waals surface area (Å²) in [5.74, 6) is -0.910. The Kier molecular flexibility index (Phi) is 4.83. The molecule has 0 heterocycles. The van der Waals surface area contributed by atoms with Gasteiger partial charge in [0.05, 0.1) is 5.69 Å². The molecule has 1 rings (SSSR count). The fraction of sp³-hybridized carbons (Fsp3) is 0.182. The molecule has 16 heavy (non-hydrogen) atoms. The second kappa shape index (κ2) is 5.92. The summed E-state index contributed by atoms with van der Waals surface area (Å²) >= 11 is 9.21. The van der Waals surface area contributed by atoms with Crippen LogP contribution in [0.15, 0.2) is 34.3 Å². The zero-order valence-corrected chi connectivity index (χ0v) is 11.0. The molecule has 0 spiro atoms. The van der Waals surface area contributed by atoms with Crippen molar-refractivity contribution < 1.29 is 9.90 Å². The lowest BCUT2D eigenvalue weighted by molar-refractivity contribution is -0.132. The molecule has 5 heteroatoms. The molecule has 2 N–H and O–H groups in total. The standard InChI is InChI=1S/C11H11BrClNO2/c1-7(11(15)16)4-5-14-10-6-8(13)2-3-9(10)12/h2-4,6,14H,5H2,1H3,(H,15,16)/b7-4-. The van der Waals surface area contributed by atoms with Crippen molar-refractivity contribution in [1.29, 1.82) is 0 Å². The number of hydrogen-bond donors (Lipinski definition) is 2. The molecule has 1 aromatic rings. The maximum atomic E-state index is 10.5. The Morgan fingerprint density at radius 1 is 1.62 bits per heavy atom. The van der Waals surface area contributed by atoms with Crippen molar-refractivity contribution in [3.8, 4) is 0 Å². The minimum Gasteiger partial charge on any atom is -0.478 e. The molecule has 0 aliphatic rings. The molecule has 0 saturated heterocycles. The SMILES string of the molecule is C/C(=C/CNc1cc(Cl)ccc1Br)C(=O)O. The van der Waals surface area contributed by atoms with Crippen molar-refractivity contribution >= 4 is 39.2 Å². The van der Waals surface area contributed by atoms with E-state index in [0.717, 1.165) is 10.2 Å². The Morgan fingerprint density at radius 2 is 2.31 bits per heavy atom. The Balaban J connectivity index is 2.65. The highest BCUT2D eigenvalue weighted by Crippen LogP contribution is 2.25. The van der Waals surface area contributed by atoms with E-state index in [1.54, 1.807) is 25.1 Å². The molecule has 0 aliphatic heterocycles. The smallest absolute Gasteiger partial charge is 0.331 e. The number of carboxylic acid groups (broad SMARTS) is 1. The van der Waals surface area contributed by atoms with E-state index in [0.29, 0.717) is 17.1 Å². The Morgan fingerprint density at radius 3 is 2.94 bits per heavy atom. The monoisotopic (exact) mass is 303 g/mol. The average Bonchev–Trinajstić information content (AvgIpc) is 2.22. The summed E-state index contributed by atoms with van der Waals surface area (Å²) in [6.45, 7) is 1.99. The third-order valence-electron chi connectivity index (χ3n) is 1.97. The van der Waals surface area contributed by atoms with Crippen LogP contribution < -0.4 is 5.32 Å². The van der Waals surface area contributed by atoms with Crippen LogP contribution in [0.1, 0.15) is 6.92 Å². The molecule has 0 amide bonds. The molecule has 0 aromatic heterocycles. The van der Waals surface area contributed by atoms with Crippen LogP contribution in [-0.2, 0) is 4.79 Å². The number of carbonyl (C=O) groups is 1. The van der Waals surface area contributed by atoms with Gasteiger partial charge in [-0.3, -0.25) is 0 Å². The van der Waals surface area contributed by atoms with E-state index in [1.807, 2.05) is 6.07 Å². The number of hydrogen-bond acceptors (Lipinski definition) is 2. The zero-order chi connectivity index (χ0) is 12.1. The van der Waals surface area contributed by atoms with Crippen molar-refractivity contribution in [2.45, 2.75) is 6.92 Å². The van der Waals surface area contributed by atoms with E-state index in [2.05, 4.69) is 21.2 Å². The number of benzene rings is 1. The summed E-state index contributed by atoms with van der Waals surface area (Å²) in [6.07, 6.45) is 1.61. The molecule has 1 aromatic carbocycles. The predicted molar refractivity (Wildman–Crippen MR) is 69.0 cm³/mol. The summed E-state index contributed by atoms with van der Waals surface area (Å²) in [5.41, 5.74) is 1.15. The molecule has 0 aliphatic carbocycles. The first-order chi connectivity index (χ1) is 7.50. The number of rotatable bonds is 4. The summed E-state index contributed by atoms with van der Waals surface area (Å²) in [7, 11) is 0. The number of aliphatic carboxylic acids is 1. The van der Waals surface area contributed by atoms with Gasteiger partial charge in [0, 0.05) is 21.6 Å². The quantitative estimate of drug-likeness (QED) is 0.836. The Bertz CT molecular complexity index is 432. The highest BCUT2D eigenvalue weighted by Gasteiger charge is 2.01. The van der Waals surface area contributed by atoms with Crippen LogP contribution in [0.4, 0.5) is 5.69 Å². The van der Waals surface area contributed by atoms with Gasteiger partial charge in [0.2, 0.25) is 0 Å². The lowest BCUT2D eigenvalue weighted by Crippen LogP contribution is -2.03. The molecule has 0 atom stereocenters. The molecule has 0 saturated carbocycles. The molecular formula is C11H11BrClNO2. The van der Waals surface area contributed by atoms with Crippen LogP contribution in [0, 0.1) is 0 Å². The van der Waals surface area contributed by atoms with Gasteiger partial charge in [0.1, 0.15) is 0 Å². The third kappa shape index (κ3) is 3.87. The van der Waals surface area contributed by atoms with E-state index in [9.17, 15) is 4.79 Å². The predicted octanol–water partition coefficient (Wildman–Crippen LogP) is 3.55. The topological polar surface area (TPSA) is 49.3 Å². The second-order valence-electron chi connectivity index (χ2n) is 3.20. The van der Waals surface area contributed by atoms with Crippen molar-refractivity contribution in [3.63, 3.8) is 0 Å². The van der Waals surface area contributed by atoms with Crippen LogP contribution in [0.25, 0.3) is 0 Å². The van der Waals surface area contributed by atoms with Gasteiger partial charge in [-0.25, -0.2) is 4.79 Å². The minimum absolute atomic E-state index is 0.311. The van der Waals surface area contributed by atoms with Crippen molar-refractivity contribution in [3.05, 3.63) is 39.3 Å². The van der Waals surface area contributed by atoms with Gasteiger partial charge in [-0.15, -0.1) is 0 Å². The number of nitrogens with one attached hydrogen (secondary N) is 1. The first kappa shape index (κ1) is 13.1. The van der Waals surface area contributed by atoms with Crippen LogP contribution in [0.5, 0.6) is 0 Å². The van der Waals surface area contributed by atoms with Gasteiger partial charge in [-0.1, -0.05) is 17.7 Å². The van der Waals surface area contributed by atoms with Gasteiger partial charge in [0.25, 0.3) is 0 Å². The zero-order valence-electron chi connectivity index (χ0n) is 8.63. The number of halogens is 2. The van der Waals surface area contributed by atoms with Gasteiger partial charge in [0.15, 0.2) is 0 Å². The Hall–Kier alpha value is -1.00. The highest BCUT2D eigenvalue weighted by molar-refractivity contribution is 9.10. The van der Waals surface area contributed by atoms with E-state index in [4.69, 9.17) is 16.7 Å². The summed E-state index contributed by atoms with van der Waals surface area (Å²) in [6, 6.07) is 5.38. The lowest BCUT2D eigenvalue weighted by atomic mass is 10.2. The highest BCUT2D eigenvalue weighted by atomic mass is 79.9. The van der Waals surface area contributed by atoms with E-state index in [-0.39, 0.29) is 0 Å². The van der Waals surface area contributed by atoms with Crippen LogP contribution >= 0.6 is 27.5 Å².